The van der Waals surface area contributed by atoms with Gasteiger partial charge in [0.05, 0.1) is 18.6 Å². The Morgan fingerprint density at radius 1 is 1.15 bits per heavy atom. The molecule has 2 aromatic carbocycles. The van der Waals surface area contributed by atoms with E-state index in [1.165, 1.54) is 19.2 Å². The van der Waals surface area contributed by atoms with Crippen LogP contribution in [0.1, 0.15) is 5.56 Å². The van der Waals surface area contributed by atoms with E-state index in [0.717, 1.165) is 5.56 Å². The van der Waals surface area contributed by atoms with E-state index in [-0.39, 0.29) is 29.6 Å². The number of methoxy groups -OCH3 is 1. The average molecular weight is 464 g/mol. The summed E-state index contributed by atoms with van der Waals surface area (Å²) in [5, 5.41) is 11.3. The normalized spacial score (nSPS) is 14.0. The molecule has 0 aliphatic carbocycles. The van der Waals surface area contributed by atoms with Crippen molar-refractivity contribution in [1.29, 1.82) is 0 Å². The zero-order chi connectivity index (χ0) is 24.0. The van der Waals surface area contributed by atoms with E-state index < -0.39 is 11.5 Å². The molecule has 3 rings (SSSR count). The van der Waals surface area contributed by atoms with Crippen molar-refractivity contribution in [3.63, 3.8) is 0 Å². The minimum Gasteiger partial charge on any atom is -0.493 e. The summed E-state index contributed by atoms with van der Waals surface area (Å²) in [5.74, 6) is 0.0921. The Morgan fingerprint density at radius 2 is 1.85 bits per heavy atom. The maximum absolute atomic E-state index is 12.7. The van der Waals surface area contributed by atoms with Crippen molar-refractivity contribution in [2.24, 2.45) is 0 Å². The summed E-state index contributed by atoms with van der Waals surface area (Å²) >= 11 is 0. The number of hydrogen-bond donors (Lipinski definition) is 0. The van der Waals surface area contributed by atoms with Gasteiger partial charge in [-0.15, -0.1) is 0 Å². The first kappa shape index (κ1) is 24.2. The van der Waals surface area contributed by atoms with E-state index in [0.29, 0.717) is 38.4 Å². The predicted octanol–water partition coefficient (Wildman–Crippen LogP) is 2.99. The van der Waals surface area contributed by atoms with Gasteiger partial charge < -0.3 is 19.3 Å². The molecule has 9 nitrogen and oxygen atoms in total. The van der Waals surface area contributed by atoms with Gasteiger partial charge in [0.25, 0.3) is 5.69 Å². The number of nitro benzene ring substituents is 1. The molecule has 0 radical (unpaired) electrons. The number of benzene rings is 2. The molecule has 1 saturated heterocycles. The monoisotopic (exact) mass is 464 g/mol. The quantitative estimate of drug-likeness (QED) is 0.416. The molecule has 1 aliphatic heterocycles. The Bertz CT molecular complexity index is 983. The van der Waals surface area contributed by atoms with Gasteiger partial charge in [0.15, 0.2) is 11.5 Å². The van der Waals surface area contributed by atoms with Crippen LogP contribution in [0.3, 0.4) is 0 Å². The van der Waals surface area contributed by atoms with Gasteiger partial charge in [-0.3, -0.25) is 19.8 Å². The molecular weight excluding hydrogens is 438 g/mol. The molecule has 1 amide bonds. The summed E-state index contributed by atoms with van der Waals surface area (Å²) in [6.07, 6.45) is 0. The summed E-state index contributed by atoms with van der Waals surface area (Å²) < 4.78 is 34.5. The Kier molecular flexibility index (Phi) is 7.99. The number of nitrogens with zero attached hydrogens (tertiary/aromatic N) is 4. The summed E-state index contributed by atoms with van der Waals surface area (Å²) in [5.41, 5.74) is 1.39. The largest absolute Gasteiger partial charge is 0.493 e. The van der Waals surface area contributed by atoms with E-state index in [9.17, 15) is 23.7 Å². The molecule has 11 heteroatoms. The molecular formula is C22H26F2N4O5. The number of rotatable bonds is 9. The summed E-state index contributed by atoms with van der Waals surface area (Å²) in [4.78, 5) is 29.1. The van der Waals surface area contributed by atoms with Crippen molar-refractivity contribution in [1.82, 2.24) is 9.80 Å². The highest BCUT2D eigenvalue weighted by atomic mass is 19.3. The molecule has 1 fully saturated rings. The molecule has 0 N–H and O–H groups in total. The highest BCUT2D eigenvalue weighted by molar-refractivity contribution is 5.78. The van der Waals surface area contributed by atoms with Crippen molar-refractivity contribution < 1.29 is 28.0 Å². The SMILES string of the molecule is COc1cc(CN(C)CC(=O)N2CCN(c3ccccc3[N+](=O)[O-])CC2)ccc1OC(F)F. The van der Waals surface area contributed by atoms with Gasteiger partial charge in [-0.25, -0.2) is 0 Å². The summed E-state index contributed by atoms with van der Waals surface area (Å²) in [6, 6.07) is 11.2. The first-order chi connectivity index (χ1) is 15.8. The number of halogens is 2. The summed E-state index contributed by atoms with van der Waals surface area (Å²) in [6.45, 7) is -0.431. The van der Waals surface area contributed by atoms with Crippen LogP contribution in [0.5, 0.6) is 11.5 Å². The highest BCUT2D eigenvalue weighted by Crippen LogP contribution is 2.30. The van der Waals surface area contributed by atoms with Gasteiger partial charge >= 0.3 is 6.61 Å². The Hall–Kier alpha value is -3.47. The topological polar surface area (TPSA) is 88.4 Å². The second-order valence-electron chi connectivity index (χ2n) is 7.65. The number of ether oxygens (including phenoxy) is 2. The van der Waals surface area contributed by atoms with Crippen molar-refractivity contribution >= 4 is 17.3 Å². The smallest absolute Gasteiger partial charge is 0.387 e. The van der Waals surface area contributed by atoms with Gasteiger partial charge in [-0.2, -0.15) is 8.78 Å². The predicted molar refractivity (Wildman–Crippen MR) is 118 cm³/mol. The Morgan fingerprint density at radius 3 is 2.48 bits per heavy atom. The average Bonchev–Trinajstić information content (AvgIpc) is 2.79. The Balaban J connectivity index is 1.53. The third-order valence-corrected chi connectivity index (χ3v) is 5.35. The molecule has 0 unspecified atom stereocenters. The van der Waals surface area contributed by atoms with Gasteiger partial charge in [-0.05, 0) is 30.8 Å². The lowest BCUT2D eigenvalue weighted by Crippen LogP contribution is -2.51. The molecule has 0 bridgehead atoms. The van der Waals surface area contributed by atoms with E-state index in [4.69, 9.17) is 4.74 Å². The number of carbonyl (C=O) groups is 1. The number of hydrogen-bond acceptors (Lipinski definition) is 7. The van der Waals surface area contributed by atoms with Crippen LogP contribution in [0.2, 0.25) is 0 Å². The van der Waals surface area contributed by atoms with Crippen LogP contribution in [-0.2, 0) is 11.3 Å². The molecule has 0 saturated carbocycles. The third-order valence-electron chi connectivity index (χ3n) is 5.35. The second-order valence-corrected chi connectivity index (χ2v) is 7.65. The maximum Gasteiger partial charge on any atom is 0.387 e. The van der Waals surface area contributed by atoms with Crippen molar-refractivity contribution in [3.8, 4) is 11.5 Å². The van der Waals surface area contributed by atoms with E-state index >= 15 is 0 Å². The fourth-order valence-electron chi connectivity index (χ4n) is 3.78. The first-order valence-corrected chi connectivity index (χ1v) is 10.3. The fraction of sp³-hybridized carbons (Fsp3) is 0.409. The van der Waals surface area contributed by atoms with Crippen LogP contribution in [0.4, 0.5) is 20.2 Å². The maximum atomic E-state index is 12.7. The number of likely N-dealkylation sites (N-methyl/N-ethyl adjacent to an activating group) is 1. The molecule has 0 atom stereocenters. The van der Waals surface area contributed by atoms with E-state index in [1.807, 2.05) is 9.80 Å². The number of amides is 1. The minimum atomic E-state index is -2.95. The van der Waals surface area contributed by atoms with Crippen LogP contribution >= 0.6 is 0 Å². The second kappa shape index (κ2) is 10.9. The standard InChI is InChI=1S/C22H26F2N4O5/c1-25(14-16-7-8-19(33-22(23)24)20(13-16)32-2)15-21(29)27-11-9-26(10-12-27)17-5-3-4-6-18(17)28(30)31/h3-8,13,22H,9-12,14-15H2,1-2H3. The fourth-order valence-corrected chi connectivity index (χ4v) is 3.78. The van der Waals surface area contributed by atoms with Crippen LogP contribution in [0, 0.1) is 10.1 Å². The number of anilines is 1. The van der Waals surface area contributed by atoms with Crippen LogP contribution in [0.15, 0.2) is 42.5 Å². The van der Waals surface area contributed by atoms with Crippen LogP contribution in [0.25, 0.3) is 0 Å². The lowest BCUT2D eigenvalue weighted by molar-refractivity contribution is -0.384. The molecule has 178 valence electrons. The lowest BCUT2D eigenvalue weighted by Gasteiger charge is -2.36. The van der Waals surface area contributed by atoms with Gasteiger partial charge in [0, 0.05) is 38.8 Å². The first-order valence-electron chi connectivity index (χ1n) is 10.3. The van der Waals surface area contributed by atoms with Crippen LogP contribution < -0.4 is 14.4 Å². The number of piperazine rings is 1. The Labute approximate surface area is 190 Å². The molecule has 2 aromatic rings. The summed E-state index contributed by atoms with van der Waals surface area (Å²) in [7, 11) is 3.16. The molecule has 1 heterocycles. The molecule has 0 spiro atoms. The minimum absolute atomic E-state index is 0.0495. The van der Waals surface area contributed by atoms with Crippen molar-refractivity contribution in [2.75, 3.05) is 51.8 Å². The number of para-hydroxylation sites is 2. The number of carbonyl (C=O) groups excluding carboxylic acids is 1. The zero-order valence-electron chi connectivity index (χ0n) is 18.4. The van der Waals surface area contributed by atoms with Gasteiger partial charge in [-0.1, -0.05) is 18.2 Å². The zero-order valence-corrected chi connectivity index (χ0v) is 18.4. The van der Waals surface area contributed by atoms with E-state index in [2.05, 4.69) is 4.74 Å². The van der Waals surface area contributed by atoms with Crippen molar-refractivity contribution in [2.45, 2.75) is 13.2 Å². The van der Waals surface area contributed by atoms with Crippen molar-refractivity contribution in [3.05, 3.63) is 58.1 Å². The van der Waals surface area contributed by atoms with Gasteiger partial charge in [0.1, 0.15) is 5.69 Å². The van der Waals surface area contributed by atoms with Crippen LogP contribution in [-0.4, -0.2) is 74.1 Å². The molecule has 0 aromatic heterocycles. The highest BCUT2D eigenvalue weighted by Gasteiger charge is 2.26. The van der Waals surface area contributed by atoms with Gasteiger partial charge in [0.2, 0.25) is 5.91 Å². The molecule has 1 aliphatic rings. The lowest BCUT2D eigenvalue weighted by atomic mass is 10.2. The third kappa shape index (κ3) is 6.28. The number of alkyl halides is 2. The van der Waals surface area contributed by atoms with E-state index in [1.54, 1.807) is 42.3 Å². The number of nitro groups is 1. The molecule has 33 heavy (non-hydrogen) atoms.